The van der Waals surface area contributed by atoms with Crippen molar-refractivity contribution < 1.29 is 4.74 Å². The smallest absolute Gasteiger partial charge is 0.175 e. The van der Waals surface area contributed by atoms with Crippen molar-refractivity contribution in [1.82, 2.24) is 20.2 Å². The number of hydrogen-bond acceptors (Lipinski definition) is 5. The summed E-state index contributed by atoms with van der Waals surface area (Å²) in [7, 11) is 2.00. The molecule has 0 saturated heterocycles. The Morgan fingerprint density at radius 2 is 1.52 bits per heavy atom. The summed E-state index contributed by atoms with van der Waals surface area (Å²) in [5.41, 5.74) is 1.89. The maximum atomic E-state index is 6.06. The average molecular weight is 357 g/mol. The fourth-order valence-electron chi connectivity index (χ4n) is 2.85. The number of rotatable bonds is 6. The Kier molecular flexibility index (Phi) is 4.78. The van der Waals surface area contributed by atoms with Crippen molar-refractivity contribution in [3.05, 3.63) is 90.8 Å². The molecule has 134 valence electrons. The van der Waals surface area contributed by atoms with Crippen LogP contribution in [-0.4, -0.2) is 27.3 Å². The van der Waals surface area contributed by atoms with Crippen molar-refractivity contribution in [3.63, 3.8) is 0 Å². The molecular formula is C21H19N5O. The first-order chi connectivity index (χ1) is 13.3. The number of aromatic nitrogens is 4. The highest BCUT2D eigenvalue weighted by Gasteiger charge is 2.14. The van der Waals surface area contributed by atoms with Gasteiger partial charge in [-0.3, -0.25) is 0 Å². The summed E-state index contributed by atoms with van der Waals surface area (Å²) >= 11 is 0. The molecule has 0 atom stereocenters. The van der Waals surface area contributed by atoms with Crippen molar-refractivity contribution in [3.8, 4) is 17.2 Å². The van der Waals surface area contributed by atoms with Crippen molar-refractivity contribution in [2.45, 2.75) is 6.54 Å². The second kappa shape index (κ2) is 7.70. The monoisotopic (exact) mass is 357 g/mol. The molecule has 6 heteroatoms. The predicted molar refractivity (Wildman–Crippen MR) is 104 cm³/mol. The lowest BCUT2D eigenvalue weighted by Gasteiger charge is -2.21. The lowest BCUT2D eigenvalue weighted by atomic mass is 10.2. The molecule has 0 radical (unpaired) electrons. The molecule has 0 saturated carbocycles. The molecular weight excluding hydrogens is 338 g/mol. The van der Waals surface area contributed by atoms with E-state index in [4.69, 9.17) is 4.74 Å². The quantitative estimate of drug-likeness (QED) is 0.520. The van der Waals surface area contributed by atoms with Crippen LogP contribution in [0.3, 0.4) is 0 Å². The average Bonchev–Trinajstić information content (AvgIpc) is 3.18. The van der Waals surface area contributed by atoms with Gasteiger partial charge in [0.05, 0.1) is 17.9 Å². The molecule has 0 N–H and O–H groups in total. The van der Waals surface area contributed by atoms with E-state index in [0.29, 0.717) is 6.54 Å². The number of ether oxygens (including phenoxy) is 1. The van der Waals surface area contributed by atoms with E-state index in [1.54, 1.807) is 4.68 Å². The zero-order valence-corrected chi connectivity index (χ0v) is 14.9. The second-order valence-corrected chi connectivity index (χ2v) is 6.08. The highest BCUT2D eigenvalue weighted by Crippen LogP contribution is 2.32. The first kappa shape index (κ1) is 16.8. The minimum atomic E-state index is 0.539. The summed E-state index contributed by atoms with van der Waals surface area (Å²) in [6.45, 7) is 0.539. The maximum absolute atomic E-state index is 6.06. The molecule has 0 aliphatic heterocycles. The Balaban J connectivity index is 1.58. The predicted octanol–water partition coefficient (Wildman–Crippen LogP) is 4.09. The number of benzene rings is 3. The number of hydrogen-bond donors (Lipinski definition) is 0. The van der Waals surface area contributed by atoms with E-state index in [-0.39, 0.29) is 0 Å². The number of para-hydroxylation sites is 4. The molecule has 0 bridgehead atoms. The van der Waals surface area contributed by atoms with Gasteiger partial charge in [-0.05, 0) is 46.8 Å². The minimum Gasteiger partial charge on any atom is -0.455 e. The highest BCUT2D eigenvalue weighted by molar-refractivity contribution is 5.59. The molecule has 0 spiro atoms. The largest absolute Gasteiger partial charge is 0.455 e. The molecule has 1 heterocycles. The lowest BCUT2D eigenvalue weighted by molar-refractivity contribution is 0.482. The van der Waals surface area contributed by atoms with Crippen LogP contribution in [0.15, 0.2) is 84.9 Å². The van der Waals surface area contributed by atoms with Gasteiger partial charge in [-0.15, -0.1) is 5.10 Å². The van der Waals surface area contributed by atoms with Gasteiger partial charge in [0.25, 0.3) is 0 Å². The van der Waals surface area contributed by atoms with Crippen LogP contribution in [0, 0.1) is 0 Å². The summed E-state index contributed by atoms with van der Waals surface area (Å²) in [6.07, 6.45) is 0. The van der Waals surface area contributed by atoms with Gasteiger partial charge in [-0.2, -0.15) is 4.68 Å². The van der Waals surface area contributed by atoms with Gasteiger partial charge in [0.15, 0.2) is 11.6 Å². The van der Waals surface area contributed by atoms with E-state index in [1.807, 2.05) is 92.0 Å². The van der Waals surface area contributed by atoms with Crippen molar-refractivity contribution >= 4 is 5.69 Å². The Morgan fingerprint density at radius 3 is 2.30 bits per heavy atom. The van der Waals surface area contributed by atoms with E-state index in [9.17, 15) is 0 Å². The van der Waals surface area contributed by atoms with Crippen molar-refractivity contribution in [2.24, 2.45) is 0 Å². The van der Waals surface area contributed by atoms with Gasteiger partial charge in [0.1, 0.15) is 5.75 Å². The van der Waals surface area contributed by atoms with Gasteiger partial charge in [-0.25, -0.2) is 0 Å². The summed E-state index contributed by atoms with van der Waals surface area (Å²) in [5, 5.41) is 12.2. The van der Waals surface area contributed by atoms with E-state index in [2.05, 4.69) is 20.4 Å². The van der Waals surface area contributed by atoms with Gasteiger partial charge in [0.2, 0.25) is 0 Å². The van der Waals surface area contributed by atoms with E-state index in [0.717, 1.165) is 28.7 Å². The molecule has 3 aromatic carbocycles. The first-order valence-electron chi connectivity index (χ1n) is 8.67. The van der Waals surface area contributed by atoms with E-state index >= 15 is 0 Å². The molecule has 0 amide bonds. The third-order valence-electron chi connectivity index (χ3n) is 4.16. The summed E-state index contributed by atoms with van der Waals surface area (Å²) in [5.74, 6) is 2.33. The molecule has 0 aliphatic rings. The summed E-state index contributed by atoms with van der Waals surface area (Å²) < 4.78 is 7.81. The van der Waals surface area contributed by atoms with Gasteiger partial charge < -0.3 is 9.64 Å². The third kappa shape index (κ3) is 3.79. The van der Waals surface area contributed by atoms with E-state index < -0.39 is 0 Å². The van der Waals surface area contributed by atoms with Gasteiger partial charge in [-0.1, -0.05) is 48.5 Å². The minimum absolute atomic E-state index is 0.539. The molecule has 4 aromatic rings. The maximum Gasteiger partial charge on any atom is 0.175 e. The van der Waals surface area contributed by atoms with Crippen molar-refractivity contribution in [1.29, 1.82) is 0 Å². The van der Waals surface area contributed by atoms with Crippen LogP contribution < -0.4 is 9.64 Å². The SMILES string of the molecule is CN(Cc1nnnn1-c1ccccc1)c1ccccc1Oc1ccccc1. The molecule has 6 nitrogen and oxygen atoms in total. The van der Waals surface area contributed by atoms with Gasteiger partial charge >= 0.3 is 0 Å². The Labute approximate surface area is 157 Å². The highest BCUT2D eigenvalue weighted by atomic mass is 16.5. The molecule has 4 rings (SSSR count). The van der Waals surface area contributed by atoms with Crippen LogP contribution in [0.1, 0.15) is 5.82 Å². The lowest BCUT2D eigenvalue weighted by Crippen LogP contribution is -2.20. The molecule has 27 heavy (non-hydrogen) atoms. The number of nitrogens with zero attached hydrogens (tertiary/aromatic N) is 5. The zero-order valence-electron chi connectivity index (χ0n) is 14.9. The fourth-order valence-corrected chi connectivity index (χ4v) is 2.85. The number of tetrazole rings is 1. The molecule has 0 unspecified atom stereocenters. The molecule has 0 fully saturated rings. The molecule has 0 aliphatic carbocycles. The topological polar surface area (TPSA) is 56.1 Å². The van der Waals surface area contributed by atoms with E-state index in [1.165, 1.54) is 0 Å². The number of anilines is 1. The van der Waals surface area contributed by atoms with Crippen molar-refractivity contribution in [2.75, 3.05) is 11.9 Å². The van der Waals surface area contributed by atoms with Crippen LogP contribution in [0.4, 0.5) is 5.69 Å². The van der Waals surface area contributed by atoms with Gasteiger partial charge in [0, 0.05) is 7.05 Å². The normalized spacial score (nSPS) is 10.6. The van der Waals surface area contributed by atoms with Crippen LogP contribution in [0.5, 0.6) is 11.5 Å². The summed E-state index contributed by atoms with van der Waals surface area (Å²) in [6, 6.07) is 27.5. The molecule has 1 aromatic heterocycles. The first-order valence-corrected chi connectivity index (χ1v) is 8.67. The van der Waals surface area contributed by atoms with Crippen LogP contribution in [-0.2, 0) is 6.54 Å². The Bertz CT molecular complexity index is 1000. The Hall–Kier alpha value is -3.67. The standard InChI is InChI=1S/C21H19N5O/c1-25(16-21-22-23-24-26(21)17-10-4-2-5-11-17)19-14-8-9-15-20(19)27-18-12-6-3-7-13-18/h2-15H,16H2,1H3. The zero-order chi connectivity index (χ0) is 18.5. The van der Waals surface area contributed by atoms with Crippen LogP contribution in [0.2, 0.25) is 0 Å². The second-order valence-electron chi connectivity index (χ2n) is 6.08. The third-order valence-corrected chi connectivity index (χ3v) is 4.16. The van der Waals surface area contributed by atoms with Crippen LogP contribution >= 0.6 is 0 Å². The fraction of sp³-hybridized carbons (Fsp3) is 0.0952. The van der Waals surface area contributed by atoms with Crippen LogP contribution in [0.25, 0.3) is 5.69 Å². The Morgan fingerprint density at radius 1 is 0.852 bits per heavy atom. The summed E-state index contributed by atoms with van der Waals surface area (Å²) in [4.78, 5) is 2.07.